The highest BCUT2D eigenvalue weighted by atomic mass is 14.8. The molecule has 1 aliphatic carbocycles. The zero-order valence-corrected chi connectivity index (χ0v) is 13.2. The molecule has 1 rings (SSSR count). The van der Waals surface area contributed by atoms with Gasteiger partial charge in [0.05, 0.1) is 0 Å². The molecular formula is C17H35N. The average molecular weight is 253 g/mol. The van der Waals surface area contributed by atoms with E-state index in [1.165, 1.54) is 64.3 Å². The Morgan fingerprint density at radius 1 is 1.00 bits per heavy atom. The lowest BCUT2D eigenvalue weighted by Crippen LogP contribution is -2.20. The number of nitrogens with one attached hydrogen (secondary N) is 1. The van der Waals surface area contributed by atoms with Crippen LogP contribution in [0.4, 0.5) is 0 Å². The van der Waals surface area contributed by atoms with Gasteiger partial charge in [0.15, 0.2) is 0 Å². The van der Waals surface area contributed by atoms with E-state index in [1.807, 2.05) is 0 Å². The van der Waals surface area contributed by atoms with Crippen molar-refractivity contribution >= 4 is 0 Å². The summed E-state index contributed by atoms with van der Waals surface area (Å²) in [7, 11) is 2.05. The number of unbranched alkanes of at least 4 members (excludes halogenated alkanes) is 2. The van der Waals surface area contributed by atoms with Gasteiger partial charge in [-0.2, -0.15) is 0 Å². The van der Waals surface area contributed by atoms with Crippen LogP contribution in [-0.2, 0) is 0 Å². The Morgan fingerprint density at radius 2 is 1.72 bits per heavy atom. The van der Waals surface area contributed by atoms with E-state index >= 15 is 0 Å². The third kappa shape index (κ3) is 7.41. The van der Waals surface area contributed by atoms with E-state index in [0.717, 1.165) is 11.8 Å². The molecule has 0 aliphatic heterocycles. The highest BCUT2D eigenvalue weighted by Crippen LogP contribution is 2.38. The molecule has 0 heterocycles. The molecule has 1 fully saturated rings. The van der Waals surface area contributed by atoms with E-state index in [-0.39, 0.29) is 0 Å². The molecule has 0 aromatic rings. The van der Waals surface area contributed by atoms with Crippen LogP contribution in [0.2, 0.25) is 0 Å². The lowest BCUT2D eigenvalue weighted by atomic mass is 9.73. The third-order valence-electron chi connectivity index (χ3n) is 4.33. The molecule has 1 heteroatoms. The van der Waals surface area contributed by atoms with E-state index in [2.05, 4.69) is 33.1 Å². The Labute approximate surface area is 115 Å². The van der Waals surface area contributed by atoms with E-state index in [4.69, 9.17) is 0 Å². The van der Waals surface area contributed by atoms with Gasteiger partial charge in [0, 0.05) is 0 Å². The van der Waals surface area contributed by atoms with Gasteiger partial charge in [0.1, 0.15) is 0 Å². The van der Waals surface area contributed by atoms with Crippen LogP contribution in [0.15, 0.2) is 0 Å². The molecule has 2 atom stereocenters. The van der Waals surface area contributed by atoms with Crippen LogP contribution < -0.4 is 5.32 Å². The summed E-state index contributed by atoms with van der Waals surface area (Å²) in [4.78, 5) is 0. The third-order valence-corrected chi connectivity index (χ3v) is 4.33. The molecule has 1 aliphatic rings. The van der Waals surface area contributed by atoms with Crippen LogP contribution in [0.1, 0.15) is 78.6 Å². The Bertz CT molecular complexity index is 204. The molecule has 18 heavy (non-hydrogen) atoms. The molecule has 0 aromatic heterocycles. The summed E-state index contributed by atoms with van der Waals surface area (Å²) in [6, 6.07) is 0. The van der Waals surface area contributed by atoms with Gasteiger partial charge in [-0.3, -0.25) is 0 Å². The van der Waals surface area contributed by atoms with Gasteiger partial charge in [-0.05, 0) is 50.1 Å². The lowest BCUT2D eigenvalue weighted by Gasteiger charge is -2.33. The largest absolute Gasteiger partial charge is 0.320 e. The number of hydrogen-bond acceptors (Lipinski definition) is 1. The van der Waals surface area contributed by atoms with Crippen molar-refractivity contribution in [2.75, 3.05) is 13.6 Å². The number of hydrogen-bond donors (Lipinski definition) is 1. The second kappa shape index (κ2) is 8.19. The molecule has 0 bridgehead atoms. The average Bonchev–Trinajstić information content (AvgIpc) is 2.27. The standard InChI is InChI=1S/C17H35N/c1-17(2,3)14-16-11-8-10-15(13-16)9-6-5-7-12-18-4/h15-16,18H,5-14H2,1-4H3. The summed E-state index contributed by atoms with van der Waals surface area (Å²) in [6.45, 7) is 8.38. The van der Waals surface area contributed by atoms with Crippen LogP contribution in [0.25, 0.3) is 0 Å². The minimum atomic E-state index is 0.527. The first-order chi connectivity index (χ1) is 8.51. The Balaban J connectivity index is 2.14. The van der Waals surface area contributed by atoms with Crippen LogP contribution >= 0.6 is 0 Å². The first kappa shape index (κ1) is 16.0. The summed E-state index contributed by atoms with van der Waals surface area (Å²) < 4.78 is 0. The van der Waals surface area contributed by atoms with Crippen molar-refractivity contribution in [2.45, 2.75) is 78.6 Å². The van der Waals surface area contributed by atoms with Crippen LogP contribution in [0.3, 0.4) is 0 Å². The first-order valence-corrected chi connectivity index (χ1v) is 8.16. The fourth-order valence-corrected chi connectivity index (χ4v) is 3.63. The van der Waals surface area contributed by atoms with Crippen molar-refractivity contribution in [1.82, 2.24) is 5.32 Å². The summed E-state index contributed by atoms with van der Waals surface area (Å²) in [6.07, 6.45) is 13.2. The fraction of sp³-hybridized carbons (Fsp3) is 1.00. The quantitative estimate of drug-likeness (QED) is 0.629. The topological polar surface area (TPSA) is 12.0 Å². The maximum Gasteiger partial charge on any atom is -0.00519 e. The zero-order valence-electron chi connectivity index (χ0n) is 13.2. The second-order valence-corrected chi connectivity index (χ2v) is 7.62. The molecule has 1 saturated carbocycles. The number of rotatable bonds is 7. The highest BCUT2D eigenvalue weighted by molar-refractivity contribution is 4.77. The first-order valence-electron chi connectivity index (χ1n) is 8.16. The lowest BCUT2D eigenvalue weighted by molar-refractivity contribution is 0.189. The van der Waals surface area contributed by atoms with Crippen LogP contribution in [0.5, 0.6) is 0 Å². The maximum atomic E-state index is 3.24. The van der Waals surface area contributed by atoms with Gasteiger partial charge in [-0.15, -0.1) is 0 Å². The predicted octanol–water partition coefficient (Wildman–Crippen LogP) is 5.01. The fourth-order valence-electron chi connectivity index (χ4n) is 3.63. The van der Waals surface area contributed by atoms with Gasteiger partial charge in [-0.25, -0.2) is 0 Å². The Morgan fingerprint density at radius 3 is 2.39 bits per heavy atom. The van der Waals surface area contributed by atoms with Crippen molar-refractivity contribution in [3.05, 3.63) is 0 Å². The van der Waals surface area contributed by atoms with Gasteiger partial charge in [0.25, 0.3) is 0 Å². The van der Waals surface area contributed by atoms with Crippen molar-refractivity contribution in [3.63, 3.8) is 0 Å². The van der Waals surface area contributed by atoms with E-state index in [1.54, 1.807) is 0 Å². The van der Waals surface area contributed by atoms with Crippen molar-refractivity contribution in [2.24, 2.45) is 17.3 Å². The minimum Gasteiger partial charge on any atom is -0.320 e. The monoisotopic (exact) mass is 253 g/mol. The SMILES string of the molecule is CNCCCCCC1CCCC(CC(C)(C)C)C1. The van der Waals surface area contributed by atoms with Gasteiger partial charge in [-0.1, -0.05) is 59.3 Å². The van der Waals surface area contributed by atoms with Crippen LogP contribution in [-0.4, -0.2) is 13.6 Å². The van der Waals surface area contributed by atoms with E-state index < -0.39 is 0 Å². The molecular weight excluding hydrogens is 218 g/mol. The Kier molecular flexibility index (Phi) is 7.29. The smallest absolute Gasteiger partial charge is 0.00519 e. The molecule has 0 saturated heterocycles. The Hall–Kier alpha value is -0.0400. The molecule has 0 radical (unpaired) electrons. The molecule has 0 amide bonds. The maximum absolute atomic E-state index is 3.24. The van der Waals surface area contributed by atoms with E-state index in [0.29, 0.717) is 5.41 Å². The molecule has 1 N–H and O–H groups in total. The predicted molar refractivity (Wildman–Crippen MR) is 81.9 cm³/mol. The van der Waals surface area contributed by atoms with E-state index in [9.17, 15) is 0 Å². The van der Waals surface area contributed by atoms with Crippen molar-refractivity contribution < 1.29 is 0 Å². The molecule has 108 valence electrons. The second-order valence-electron chi connectivity index (χ2n) is 7.62. The van der Waals surface area contributed by atoms with Crippen molar-refractivity contribution in [3.8, 4) is 0 Å². The molecule has 2 unspecified atom stereocenters. The summed E-state index contributed by atoms with van der Waals surface area (Å²) >= 11 is 0. The molecule has 0 spiro atoms. The van der Waals surface area contributed by atoms with Gasteiger partial charge >= 0.3 is 0 Å². The van der Waals surface area contributed by atoms with Crippen molar-refractivity contribution in [1.29, 1.82) is 0 Å². The van der Waals surface area contributed by atoms with Gasteiger partial charge < -0.3 is 5.32 Å². The summed E-state index contributed by atoms with van der Waals surface area (Å²) in [5, 5.41) is 3.24. The van der Waals surface area contributed by atoms with Crippen LogP contribution in [0, 0.1) is 17.3 Å². The minimum absolute atomic E-state index is 0.527. The summed E-state index contributed by atoms with van der Waals surface area (Å²) in [5.74, 6) is 2.06. The molecule has 1 nitrogen and oxygen atoms in total. The molecule has 0 aromatic carbocycles. The highest BCUT2D eigenvalue weighted by Gasteiger charge is 2.25. The normalized spacial score (nSPS) is 25.3. The summed E-state index contributed by atoms with van der Waals surface area (Å²) in [5.41, 5.74) is 0.527. The zero-order chi connectivity index (χ0) is 13.4. The van der Waals surface area contributed by atoms with Gasteiger partial charge in [0.2, 0.25) is 0 Å².